The summed E-state index contributed by atoms with van der Waals surface area (Å²) < 4.78 is 5.17. The maximum Gasteiger partial charge on any atom is 0.340 e. The molecule has 0 spiro atoms. The first-order valence-corrected chi connectivity index (χ1v) is 9.50. The Kier molecular flexibility index (Phi) is 8.36. The zero-order chi connectivity index (χ0) is 19.6. The van der Waals surface area contributed by atoms with Crippen LogP contribution in [0.1, 0.15) is 52.6 Å². The predicted octanol–water partition coefficient (Wildman–Crippen LogP) is 3.01. The van der Waals surface area contributed by atoms with Crippen molar-refractivity contribution in [2.24, 2.45) is 5.73 Å². The Balaban J connectivity index is 2.20. The normalized spacial score (nSPS) is 11.0. The van der Waals surface area contributed by atoms with E-state index in [0.29, 0.717) is 31.8 Å². The minimum Gasteiger partial charge on any atom is -0.462 e. The number of nitrogens with two attached hydrogens (primary N) is 1. The molecule has 0 aliphatic heterocycles. The van der Waals surface area contributed by atoms with Gasteiger partial charge in [0.2, 0.25) is 0 Å². The van der Waals surface area contributed by atoms with Crippen LogP contribution in [0.5, 0.6) is 0 Å². The van der Waals surface area contributed by atoms with E-state index in [4.69, 9.17) is 10.5 Å². The average molecular weight is 370 g/mol. The molecule has 0 bridgehead atoms. The lowest BCUT2D eigenvalue weighted by Crippen LogP contribution is -2.27. The molecule has 2 heterocycles. The third-order valence-corrected chi connectivity index (χ3v) is 4.38. The molecule has 6 nitrogen and oxygen atoms in total. The van der Waals surface area contributed by atoms with Crippen molar-refractivity contribution >= 4 is 5.97 Å². The number of hydrogen-bond acceptors (Lipinski definition) is 6. The van der Waals surface area contributed by atoms with E-state index < -0.39 is 0 Å². The van der Waals surface area contributed by atoms with Gasteiger partial charge >= 0.3 is 5.97 Å². The smallest absolute Gasteiger partial charge is 0.340 e. The van der Waals surface area contributed by atoms with Crippen LogP contribution in [0, 0.1) is 13.8 Å². The van der Waals surface area contributed by atoms with Gasteiger partial charge < -0.3 is 10.5 Å². The zero-order valence-corrected chi connectivity index (χ0v) is 16.6. The number of ether oxygens (including phenoxy) is 1. The van der Waals surface area contributed by atoms with E-state index in [1.54, 1.807) is 25.3 Å². The SMILES string of the molecule is CCOC(=O)c1cccnc1CN(CCCCN)Cc1ncc(C)cc1C. The van der Waals surface area contributed by atoms with Gasteiger partial charge in [0.25, 0.3) is 0 Å². The van der Waals surface area contributed by atoms with Crippen LogP contribution in [0.15, 0.2) is 30.6 Å². The number of unbranched alkanes of at least 4 members (excludes halogenated alkanes) is 1. The van der Waals surface area contributed by atoms with E-state index in [2.05, 4.69) is 27.9 Å². The summed E-state index contributed by atoms with van der Waals surface area (Å²) in [5, 5.41) is 0. The molecule has 0 fully saturated rings. The third-order valence-electron chi connectivity index (χ3n) is 4.38. The second-order valence-corrected chi connectivity index (χ2v) is 6.70. The molecule has 0 aliphatic carbocycles. The Labute approximate surface area is 161 Å². The van der Waals surface area contributed by atoms with E-state index in [1.807, 2.05) is 13.1 Å². The van der Waals surface area contributed by atoms with Gasteiger partial charge in [-0.1, -0.05) is 6.07 Å². The lowest BCUT2D eigenvalue weighted by molar-refractivity contribution is 0.0523. The summed E-state index contributed by atoms with van der Waals surface area (Å²) in [6.07, 6.45) is 5.56. The standard InChI is InChI=1S/C21H30N4O2/c1-4-27-21(26)18-8-7-10-23-20(18)15-25(11-6-5-9-22)14-19-17(3)12-16(2)13-24-19/h7-8,10,12-13H,4-6,9,11,14-15,22H2,1-3H3. The summed E-state index contributed by atoms with van der Waals surface area (Å²) in [6, 6.07) is 5.68. The second-order valence-electron chi connectivity index (χ2n) is 6.70. The van der Waals surface area contributed by atoms with Crippen LogP contribution in [0.2, 0.25) is 0 Å². The summed E-state index contributed by atoms with van der Waals surface area (Å²) >= 11 is 0. The number of rotatable bonds is 10. The van der Waals surface area contributed by atoms with Crippen molar-refractivity contribution < 1.29 is 9.53 Å². The largest absolute Gasteiger partial charge is 0.462 e. The van der Waals surface area contributed by atoms with Crippen LogP contribution < -0.4 is 5.73 Å². The molecular formula is C21H30N4O2. The van der Waals surface area contributed by atoms with Crippen LogP contribution in [0.25, 0.3) is 0 Å². The maximum atomic E-state index is 12.2. The molecule has 2 rings (SSSR count). The van der Waals surface area contributed by atoms with Crippen LogP contribution in [0.4, 0.5) is 0 Å². The van der Waals surface area contributed by atoms with Gasteiger partial charge in [-0.3, -0.25) is 14.9 Å². The van der Waals surface area contributed by atoms with Crippen LogP contribution in [-0.2, 0) is 17.8 Å². The molecule has 0 saturated carbocycles. The van der Waals surface area contributed by atoms with Gasteiger partial charge in [-0.15, -0.1) is 0 Å². The molecule has 0 radical (unpaired) electrons. The predicted molar refractivity (Wildman–Crippen MR) is 106 cm³/mol. The van der Waals surface area contributed by atoms with Gasteiger partial charge in [0.15, 0.2) is 0 Å². The van der Waals surface area contributed by atoms with Crippen molar-refractivity contribution in [1.29, 1.82) is 0 Å². The van der Waals surface area contributed by atoms with Gasteiger partial charge in [0.05, 0.1) is 23.6 Å². The van der Waals surface area contributed by atoms with Crippen LogP contribution in [-0.4, -0.2) is 40.5 Å². The summed E-state index contributed by atoms with van der Waals surface area (Å²) in [4.78, 5) is 23.6. The number of hydrogen-bond donors (Lipinski definition) is 1. The van der Waals surface area contributed by atoms with Crippen LogP contribution >= 0.6 is 0 Å². The van der Waals surface area contributed by atoms with E-state index in [-0.39, 0.29) is 5.97 Å². The van der Waals surface area contributed by atoms with Crippen molar-refractivity contribution in [1.82, 2.24) is 14.9 Å². The molecule has 0 amide bonds. The highest BCUT2D eigenvalue weighted by molar-refractivity contribution is 5.90. The molecule has 0 aromatic carbocycles. The first-order valence-electron chi connectivity index (χ1n) is 9.50. The Bertz CT molecular complexity index is 749. The number of nitrogens with zero attached hydrogens (tertiary/aromatic N) is 3. The Hall–Kier alpha value is -2.31. The third kappa shape index (κ3) is 6.41. The lowest BCUT2D eigenvalue weighted by Gasteiger charge is -2.23. The van der Waals surface area contributed by atoms with Gasteiger partial charge in [0.1, 0.15) is 0 Å². The molecule has 0 saturated heterocycles. The molecule has 146 valence electrons. The Morgan fingerprint density at radius 1 is 1.19 bits per heavy atom. The lowest BCUT2D eigenvalue weighted by atomic mass is 10.1. The zero-order valence-electron chi connectivity index (χ0n) is 16.6. The molecule has 2 N–H and O–H groups in total. The molecule has 0 atom stereocenters. The summed E-state index contributed by atoms with van der Waals surface area (Å²) in [5.74, 6) is -0.327. The van der Waals surface area contributed by atoms with E-state index in [0.717, 1.165) is 36.3 Å². The van der Waals surface area contributed by atoms with E-state index in [9.17, 15) is 4.79 Å². The highest BCUT2D eigenvalue weighted by Crippen LogP contribution is 2.15. The first kappa shape index (κ1) is 21.0. The summed E-state index contributed by atoms with van der Waals surface area (Å²) in [5.41, 5.74) is 10.3. The quantitative estimate of drug-likeness (QED) is 0.511. The Morgan fingerprint density at radius 3 is 2.67 bits per heavy atom. The van der Waals surface area contributed by atoms with E-state index >= 15 is 0 Å². The minimum absolute atomic E-state index is 0.327. The fourth-order valence-corrected chi connectivity index (χ4v) is 2.99. The van der Waals surface area contributed by atoms with Gasteiger partial charge in [-0.2, -0.15) is 0 Å². The van der Waals surface area contributed by atoms with Gasteiger partial charge in [0, 0.05) is 25.5 Å². The number of pyridine rings is 2. The second kappa shape index (κ2) is 10.7. The summed E-state index contributed by atoms with van der Waals surface area (Å²) in [7, 11) is 0. The van der Waals surface area contributed by atoms with Gasteiger partial charge in [-0.05, 0) is 70.0 Å². The van der Waals surface area contributed by atoms with Crippen molar-refractivity contribution in [2.45, 2.75) is 46.7 Å². The molecule has 6 heteroatoms. The number of carbonyl (C=O) groups is 1. The topological polar surface area (TPSA) is 81.3 Å². The highest BCUT2D eigenvalue weighted by atomic mass is 16.5. The van der Waals surface area contributed by atoms with E-state index in [1.165, 1.54) is 5.56 Å². The van der Waals surface area contributed by atoms with Crippen LogP contribution in [0.3, 0.4) is 0 Å². The van der Waals surface area contributed by atoms with Crippen molar-refractivity contribution in [3.05, 3.63) is 58.7 Å². The van der Waals surface area contributed by atoms with Crippen molar-refractivity contribution in [3.8, 4) is 0 Å². The fourth-order valence-electron chi connectivity index (χ4n) is 2.99. The molecule has 2 aromatic heterocycles. The van der Waals surface area contributed by atoms with Gasteiger partial charge in [-0.25, -0.2) is 4.79 Å². The molecule has 2 aromatic rings. The first-order chi connectivity index (χ1) is 13.0. The molecule has 27 heavy (non-hydrogen) atoms. The molecular weight excluding hydrogens is 340 g/mol. The molecule has 0 unspecified atom stereocenters. The van der Waals surface area contributed by atoms with Crippen molar-refractivity contribution in [2.75, 3.05) is 19.7 Å². The number of aromatic nitrogens is 2. The number of carbonyl (C=O) groups excluding carboxylic acids is 1. The number of aryl methyl sites for hydroxylation is 2. The highest BCUT2D eigenvalue weighted by Gasteiger charge is 2.17. The number of esters is 1. The average Bonchev–Trinajstić information content (AvgIpc) is 2.64. The molecule has 0 aliphatic rings. The minimum atomic E-state index is -0.327. The monoisotopic (exact) mass is 370 g/mol. The maximum absolute atomic E-state index is 12.2. The Morgan fingerprint density at radius 2 is 1.96 bits per heavy atom. The summed E-state index contributed by atoms with van der Waals surface area (Å²) in [6.45, 7) is 9.09. The fraction of sp³-hybridized carbons (Fsp3) is 0.476. The van der Waals surface area contributed by atoms with Crippen molar-refractivity contribution in [3.63, 3.8) is 0 Å².